The van der Waals surface area contributed by atoms with Gasteiger partial charge < -0.3 is 36.1 Å². The van der Waals surface area contributed by atoms with Crippen molar-refractivity contribution in [2.75, 3.05) is 38.3 Å². The van der Waals surface area contributed by atoms with Crippen LogP contribution in [0.4, 0.5) is 9.93 Å². The van der Waals surface area contributed by atoms with Gasteiger partial charge >= 0.3 is 12.1 Å². The number of carboxylic acids is 1. The highest BCUT2D eigenvalue weighted by atomic mass is 32.2. The molecule has 3 heterocycles. The Hall–Kier alpha value is -3.37. The number of anilines is 1. The van der Waals surface area contributed by atoms with Gasteiger partial charge in [-0.25, -0.2) is 14.6 Å². The first-order chi connectivity index (χ1) is 15.7. The Bertz CT molecular complexity index is 1040. The Balaban J connectivity index is 1.71. The number of carbonyl (C=O) groups is 4. The number of ether oxygens (including phenoxy) is 1. The lowest BCUT2D eigenvalue weighted by Crippen LogP contribution is -2.71. The lowest BCUT2D eigenvalue weighted by Gasteiger charge is -2.49. The van der Waals surface area contributed by atoms with Crippen LogP contribution < -0.4 is 11.1 Å². The highest BCUT2D eigenvalue weighted by Crippen LogP contribution is 2.40. The third-order valence-electron chi connectivity index (χ3n) is 4.73. The second-order valence-corrected chi connectivity index (χ2v) is 8.83. The van der Waals surface area contributed by atoms with Crippen molar-refractivity contribution in [3.63, 3.8) is 0 Å². The number of nitrogens with two attached hydrogens (primary N) is 1. The highest BCUT2D eigenvalue weighted by molar-refractivity contribution is 8.00. The highest BCUT2D eigenvalue weighted by Gasteiger charge is 2.54. The van der Waals surface area contributed by atoms with Gasteiger partial charge in [-0.3, -0.25) is 14.5 Å². The van der Waals surface area contributed by atoms with E-state index in [1.807, 2.05) is 0 Å². The summed E-state index contributed by atoms with van der Waals surface area (Å²) in [6.07, 6.45) is -0.757. The number of carboxylic acid groups (broad SMARTS) is 1. The van der Waals surface area contributed by atoms with E-state index < -0.39 is 41.0 Å². The number of rotatable bonds is 8. The van der Waals surface area contributed by atoms with Gasteiger partial charge in [0.25, 0.3) is 11.8 Å². The van der Waals surface area contributed by atoms with Gasteiger partial charge in [-0.1, -0.05) is 5.16 Å². The molecule has 0 aromatic carbocycles. The second-order valence-electron chi connectivity index (χ2n) is 6.84. The summed E-state index contributed by atoms with van der Waals surface area (Å²) in [5.41, 5.74) is 4.99. The van der Waals surface area contributed by atoms with E-state index in [2.05, 4.69) is 15.5 Å². The predicted molar refractivity (Wildman–Crippen MR) is 116 cm³/mol. The van der Waals surface area contributed by atoms with E-state index in [9.17, 15) is 29.5 Å². The van der Waals surface area contributed by atoms with Crippen LogP contribution >= 0.6 is 23.1 Å². The summed E-state index contributed by atoms with van der Waals surface area (Å²) in [7, 11) is 1.41. The van der Waals surface area contributed by atoms with Crippen molar-refractivity contribution < 1.29 is 39.3 Å². The Morgan fingerprint density at radius 1 is 1.45 bits per heavy atom. The minimum absolute atomic E-state index is 0.0267. The molecule has 0 spiro atoms. The molecule has 33 heavy (non-hydrogen) atoms. The number of aliphatic hydroxyl groups excluding tert-OH is 1. The topological polar surface area (TPSA) is 208 Å². The molecule has 3 amide bonds. The fraction of sp³-hybridized carbons (Fsp3) is 0.412. The zero-order valence-corrected chi connectivity index (χ0v) is 18.8. The average Bonchev–Trinajstić information content (AvgIpc) is 3.21. The summed E-state index contributed by atoms with van der Waals surface area (Å²) in [5, 5.41) is 33.9. The molecular formula is C17H20N6O8S2. The van der Waals surface area contributed by atoms with Gasteiger partial charge in [-0.2, -0.15) is 0 Å². The molecule has 16 heteroatoms. The first-order valence-electron chi connectivity index (χ1n) is 9.32. The smallest absolute Gasteiger partial charge is 0.409 e. The number of oxime groups is 1. The molecule has 2 aliphatic heterocycles. The maximum atomic E-state index is 12.7. The lowest BCUT2D eigenvalue weighted by molar-refractivity contribution is -0.150. The number of nitrogens with zero attached hydrogens (tertiary/aromatic N) is 4. The first-order valence-corrected chi connectivity index (χ1v) is 11.3. The molecule has 0 bridgehead atoms. The number of amides is 3. The van der Waals surface area contributed by atoms with E-state index in [0.29, 0.717) is 0 Å². The van der Waals surface area contributed by atoms with Crippen LogP contribution in [0, 0.1) is 0 Å². The van der Waals surface area contributed by atoms with Gasteiger partial charge in [0.15, 0.2) is 10.8 Å². The van der Waals surface area contributed by atoms with Crippen molar-refractivity contribution in [2.45, 2.75) is 11.4 Å². The second kappa shape index (κ2) is 10.1. The van der Waals surface area contributed by atoms with E-state index >= 15 is 0 Å². The summed E-state index contributed by atoms with van der Waals surface area (Å²) in [5.74, 6) is -2.82. The molecule has 2 atom stereocenters. The normalized spacial score (nSPS) is 20.1. The molecule has 0 aliphatic carbocycles. The van der Waals surface area contributed by atoms with Crippen LogP contribution in [-0.4, -0.2) is 104 Å². The van der Waals surface area contributed by atoms with Crippen molar-refractivity contribution in [1.82, 2.24) is 20.1 Å². The zero-order valence-electron chi connectivity index (χ0n) is 17.1. The van der Waals surface area contributed by atoms with E-state index in [0.717, 1.165) is 21.1 Å². The SMILES string of the molecule is CN(CCO)C(=O)OCC1=C(C(=O)O)N2C(=O)C(NC(=O)/C(=N\O)c3csc(N)n3)[C@@H]2SC1. The van der Waals surface area contributed by atoms with Gasteiger partial charge in [0.1, 0.15) is 29.4 Å². The van der Waals surface area contributed by atoms with Crippen LogP contribution in [0.3, 0.4) is 0 Å². The van der Waals surface area contributed by atoms with E-state index in [1.165, 1.54) is 24.2 Å². The Morgan fingerprint density at radius 3 is 2.76 bits per heavy atom. The number of β-lactam (4-membered cyclic amide) rings is 1. The van der Waals surface area contributed by atoms with Crippen LogP contribution in [-0.2, 0) is 19.1 Å². The number of carbonyl (C=O) groups excluding carboxylic acids is 3. The van der Waals surface area contributed by atoms with Crippen molar-refractivity contribution in [1.29, 1.82) is 0 Å². The van der Waals surface area contributed by atoms with Crippen LogP contribution in [0.2, 0.25) is 0 Å². The monoisotopic (exact) mass is 500 g/mol. The molecular weight excluding hydrogens is 480 g/mol. The van der Waals surface area contributed by atoms with Crippen molar-refractivity contribution >= 4 is 57.8 Å². The van der Waals surface area contributed by atoms with Crippen LogP contribution in [0.5, 0.6) is 0 Å². The molecule has 178 valence electrons. The fourth-order valence-corrected chi connectivity index (χ4v) is 4.99. The average molecular weight is 501 g/mol. The third-order valence-corrected chi connectivity index (χ3v) is 6.75. The number of hydrogen-bond donors (Lipinski definition) is 5. The summed E-state index contributed by atoms with van der Waals surface area (Å²) >= 11 is 2.20. The van der Waals surface area contributed by atoms with Crippen LogP contribution in [0.1, 0.15) is 5.69 Å². The van der Waals surface area contributed by atoms with E-state index in [4.69, 9.17) is 15.6 Å². The molecule has 0 radical (unpaired) electrons. The Morgan fingerprint density at radius 2 is 2.18 bits per heavy atom. The number of nitrogen functional groups attached to an aromatic ring is 1. The van der Waals surface area contributed by atoms with Gasteiger partial charge in [0.2, 0.25) is 0 Å². The Labute approximate surface area is 194 Å². The van der Waals surface area contributed by atoms with Gasteiger partial charge in [-0.15, -0.1) is 23.1 Å². The Kier molecular flexibility index (Phi) is 7.39. The summed E-state index contributed by atoms with van der Waals surface area (Å²) < 4.78 is 5.08. The van der Waals surface area contributed by atoms with Crippen LogP contribution in [0.25, 0.3) is 0 Å². The molecule has 1 fully saturated rings. The maximum Gasteiger partial charge on any atom is 0.409 e. The molecule has 0 saturated carbocycles. The molecule has 3 rings (SSSR count). The molecule has 6 N–H and O–H groups in total. The molecule has 14 nitrogen and oxygen atoms in total. The number of fused-ring (bicyclic) bond motifs is 1. The van der Waals surface area contributed by atoms with E-state index in [1.54, 1.807) is 0 Å². The van der Waals surface area contributed by atoms with Crippen LogP contribution in [0.15, 0.2) is 21.8 Å². The number of thiazole rings is 1. The maximum absolute atomic E-state index is 12.7. The fourth-order valence-electron chi connectivity index (χ4n) is 3.11. The quantitative estimate of drug-likeness (QED) is 0.123. The molecule has 1 saturated heterocycles. The van der Waals surface area contributed by atoms with Crippen molar-refractivity contribution in [2.24, 2.45) is 5.16 Å². The summed E-state index contributed by atoms with van der Waals surface area (Å²) in [6.45, 7) is -0.581. The van der Waals surface area contributed by atoms with Gasteiger partial charge in [0.05, 0.1) is 6.61 Å². The number of hydrogen-bond acceptors (Lipinski definition) is 12. The number of aliphatic carboxylic acids is 1. The largest absolute Gasteiger partial charge is 0.477 e. The molecule has 1 aromatic heterocycles. The first kappa shape index (κ1) is 24.3. The number of thioether (sulfide) groups is 1. The van der Waals surface area contributed by atoms with Crippen molar-refractivity contribution in [3.8, 4) is 0 Å². The third kappa shape index (κ3) is 4.86. The van der Waals surface area contributed by atoms with E-state index in [-0.39, 0.29) is 47.6 Å². The lowest BCUT2D eigenvalue weighted by atomic mass is 10.0. The van der Waals surface area contributed by atoms with Crippen molar-refractivity contribution in [3.05, 3.63) is 22.3 Å². The minimum Gasteiger partial charge on any atom is -0.477 e. The molecule has 1 unspecified atom stereocenters. The zero-order chi connectivity index (χ0) is 24.3. The van der Waals surface area contributed by atoms with Gasteiger partial charge in [0, 0.05) is 30.3 Å². The minimum atomic E-state index is -1.39. The standard InChI is InChI=1S/C17H20N6O8S2/c1-22(2-3-24)17(29)31-4-7-5-32-14-10(13(26)23(14)11(7)15(27)28)20-12(25)9(21-30)8-6-33-16(18)19-8/h6,10,14,24,30H,2-5H2,1H3,(H2,18,19)(H,20,25)(H,27,28)/b21-9-/t10?,14-/m0/s1. The molecule has 1 aromatic rings. The number of likely N-dealkylation sites (N-methyl/N-ethyl adjacent to an activating group) is 1. The number of aromatic nitrogens is 1. The molecule has 2 aliphatic rings. The number of nitrogens with one attached hydrogen (secondary N) is 1. The summed E-state index contributed by atoms with van der Waals surface area (Å²) in [4.78, 5) is 55.0. The predicted octanol–water partition coefficient (Wildman–Crippen LogP) is -1.30. The summed E-state index contributed by atoms with van der Waals surface area (Å²) in [6, 6.07) is -1.07. The van der Waals surface area contributed by atoms with Gasteiger partial charge in [-0.05, 0) is 0 Å². The number of aliphatic hydroxyl groups is 1.